The van der Waals surface area contributed by atoms with E-state index in [4.69, 9.17) is 0 Å². The molecule has 0 aromatic rings. The third-order valence-corrected chi connectivity index (χ3v) is 1.51. The summed E-state index contributed by atoms with van der Waals surface area (Å²) in [5.74, 6) is 0. The Kier molecular flexibility index (Phi) is 15.7. The Morgan fingerprint density at radius 2 is 1.75 bits per heavy atom. The first kappa shape index (κ1) is 14.2. The summed E-state index contributed by atoms with van der Waals surface area (Å²) in [6.45, 7) is 8.17. The maximum atomic E-state index is 3.13. The Morgan fingerprint density at radius 3 is 2.08 bits per heavy atom. The number of nitrogens with one attached hydrogen (secondary N) is 2. The number of hydrogen-bond donors (Lipinski definition) is 2. The van der Waals surface area contributed by atoms with Crippen LogP contribution in [0, 0.1) is 0 Å². The lowest BCUT2D eigenvalue weighted by molar-refractivity contribution is 0.747. The molecule has 0 aromatic heterocycles. The molecule has 0 spiro atoms. The zero-order valence-corrected chi connectivity index (χ0v) is 9.20. The van der Waals surface area contributed by atoms with Crippen LogP contribution in [0.1, 0.15) is 27.2 Å². The van der Waals surface area contributed by atoms with Crippen molar-refractivity contribution in [3.05, 3.63) is 11.6 Å². The topological polar surface area (TPSA) is 24.1 Å². The van der Waals surface area contributed by atoms with Crippen molar-refractivity contribution in [3.8, 4) is 0 Å². The van der Waals surface area contributed by atoms with Gasteiger partial charge in [-0.05, 0) is 34.0 Å². The molecular weight excluding hydrogens is 148 g/mol. The van der Waals surface area contributed by atoms with Crippen molar-refractivity contribution in [2.24, 2.45) is 0 Å². The van der Waals surface area contributed by atoms with Crippen molar-refractivity contribution in [2.45, 2.75) is 27.2 Å². The van der Waals surface area contributed by atoms with Gasteiger partial charge in [0.05, 0.1) is 0 Å². The molecule has 2 nitrogen and oxygen atoms in total. The van der Waals surface area contributed by atoms with E-state index in [-0.39, 0.29) is 0 Å². The van der Waals surface area contributed by atoms with Gasteiger partial charge < -0.3 is 10.6 Å². The molecule has 0 saturated carbocycles. The standard InChI is InChI=1S/C8H18N2.C2H6/c1-4-8(7-10-3)5-6-9-2;1-2/h4,9-10H,5-7H2,1-3H3;1-2H3/b8-4+;. The zero-order chi connectivity index (χ0) is 9.82. The largest absolute Gasteiger partial charge is 0.319 e. The summed E-state index contributed by atoms with van der Waals surface area (Å²) in [7, 11) is 3.95. The minimum atomic E-state index is 1.01. The van der Waals surface area contributed by atoms with Crippen molar-refractivity contribution in [3.63, 3.8) is 0 Å². The lowest BCUT2D eigenvalue weighted by atomic mass is 10.2. The summed E-state index contributed by atoms with van der Waals surface area (Å²) in [4.78, 5) is 0. The van der Waals surface area contributed by atoms with E-state index in [0.29, 0.717) is 0 Å². The van der Waals surface area contributed by atoms with Crippen LogP contribution in [0.4, 0.5) is 0 Å². The molecule has 0 heterocycles. The maximum Gasteiger partial charge on any atom is 0.0161 e. The van der Waals surface area contributed by atoms with E-state index in [2.05, 4.69) is 23.6 Å². The van der Waals surface area contributed by atoms with Crippen molar-refractivity contribution in [2.75, 3.05) is 27.2 Å². The van der Waals surface area contributed by atoms with E-state index < -0.39 is 0 Å². The third kappa shape index (κ3) is 9.66. The second-order valence-corrected chi connectivity index (χ2v) is 2.33. The quantitative estimate of drug-likeness (QED) is 0.618. The predicted octanol–water partition coefficient (Wildman–Crippen LogP) is 1.79. The molecule has 0 atom stereocenters. The van der Waals surface area contributed by atoms with Gasteiger partial charge in [-0.1, -0.05) is 25.5 Å². The second-order valence-electron chi connectivity index (χ2n) is 2.33. The van der Waals surface area contributed by atoms with Crippen LogP contribution in [0.2, 0.25) is 0 Å². The van der Waals surface area contributed by atoms with E-state index in [9.17, 15) is 0 Å². The smallest absolute Gasteiger partial charge is 0.0161 e. The van der Waals surface area contributed by atoms with Gasteiger partial charge in [0.1, 0.15) is 0 Å². The minimum absolute atomic E-state index is 1.01. The molecular formula is C10H24N2. The van der Waals surface area contributed by atoms with E-state index in [0.717, 1.165) is 19.5 Å². The highest BCUT2D eigenvalue weighted by Crippen LogP contribution is 1.96. The molecule has 0 aromatic carbocycles. The summed E-state index contributed by atoms with van der Waals surface area (Å²) in [6.07, 6.45) is 3.32. The highest BCUT2D eigenvalue weighted by Gasteiger charge is 1.91. The van der Waals surface area contributed by atoms with Crippen LogP contribution in [0.15, 0.2) is 11.6 Å². The Bertz CT molecular complexity index is 98.0. The maximum absolute atomic E-state index is 3.13. The van der Waals surface area contributed by atoms with Crippen LogP contribution < -0.4 is 10.6 Å². The second kappa shape index (κ2) is 13.3. The van der Waals surface area contributed by atoms with Gasteiger partial charge in [-0.3, -0.25) is 0 Å². The van der Waals surface area contributed by atoms with Gasteiger partial charge in [-0.25, -0.2) is 0 Å². The SMILES string of the molecule is C/C=C(\CCNC)CNC.CC. The monoisotopic (exact) mass is 172 g/mol. The number of rotatable bonds is 5. The third-order valence-electron chi connectivity index (χ3n) is 1.51. The predicted molar refractivity (Wildman–Crippen MR) is 57.6 cm³/mol. The molecule has 12 heavy (non-hydrogen) atoms. The van der Waals surface area contributed by atoms with Crippen molar-refractivity contribution in [1.29, 1.82) is 0 Å². The van der Waals surface area contributed by atoms with Gasteiger partial charge in [-0.15, -0.1) is 0 Å². The van der Waals surface area contributed by atoms with Gasteiger partial charge in [0.2, 0.25) is 0 Å². The lowest BCUT2D eigenvalue weighted by Crippen LogP contribution is -2.15. The van der Waals surface area contributed by atoms with Gasteiger partial charge >= 0.3 is 0 Å². The highest BCUT2D eigenvalue weighted by molar-refractivity contribution is 5.02. The summed E-state index contributed by atoms with van der Waals surface area (Å²) in [5.41, 5.74) is 1.47. The average Bonchev–Trinajstić information content (AvgIpc) is 2.15. The van der Waals surface area contributed by atoms with E-state index >= 15 is 0 Å². The number of hydrogen-bond acceptors (Lipinski definition) is 2. The minimum Gasteiger partial charge on any atom is -0.319 e. The fourth-order valence-corrected chi connectivity index (χ4v) is 0.847. The van der Waals surface area contributed by atoms with Crippen LogP contribution in [-0.2, 0) is 0 Å². The van der Waals surface area contributed by atoms with E-state index in [1.165, 1.54) is 5.57 Å². The Hall–Kier alpha value is -0.340. The number of likely N-dealkylation sites (N-methyl/N-ethyl adjacent to an activating group) is 1. The molecule has 0 amide bonds. The molecule has 0 rings (SSSR count). The first-order valence-electron chi connectivity index (χ1n) is 4.78. The van der Waals surface area contributed by atoms with E-state index in [1.54, 1.807) is 0 Å². The van der Waals surface area contributed by atoms with Gasteiger partial charge in [0.25, 0.3) is 0 Å². The van der Waals surface area contributed by atoms with Crippen LogP contribution in [0.5, 0.6) is 0 Å². The normalized spacial score (nSPS) is 10.6. The molecule has 2 heteroatoms. The molecule has 0 bridgehead atoms. The molecule has 0 saturated heterocycles. The molecule has 0 radical (unpaired) electrons. The fraction of sp³-hybridized carbons (Fsp3) is 0.800. The van der Waals surface area contributed by atoms with E-state index in [1.807, 2.05) is 27.9 Å². The molecule has 2 N–H and O–H groups in total. The molecule has 0 aliphatic rings. The van der Waals surface area contributed by atoms with Gasteiger partial charge in [0, 0.05) is 6.54 Å². The van der Waals surface area contributed by atoms with Crippen molar-refractivity contribution in [1.82, 2.24) is 10.6 Å². The van der Waals surface area contributed by atoms with Gasteiger partial charge in [-0.2, -0.15) is 0 Å². The molecule has 0 fully saturated rings. The molecule has 0 aliphatic heterocycles. The first-order chi connectivity index (χ1) is 5.85. The van der Waals surface area contributed by atoms with Crippen LogP contribution >= 0.6 is 0 Å². The summed E-state index contributed by atoms with van der Waals surface area (Å²) >= 11 is 0. The van der Waals surface area contributed by atoms with Gasteiger partial charge in [0.15, 0.2) is 0 Å². The summed E-state index contributed by atoms with van der Waals surface area (Å²) in [5, 5.41) is 6.25. The van der Waals surface area contributed by atoms with Crippen LogP contribution in [0.25, 0.3) is 0 Å². The molecule has 0 aliphatic carbocycles. The summed E-state index contributed by atoms with van der Waals surface area (Å²) in [6, 6.07) is 0. The average molecular weight is 172 g/mol. The number of allylic oxidation sites excluding steroid dienone is 1. The first-order valence-corrected chi connectivity index (χ1v) is 4.78. The zero-order valence-electron chi connectivity index (χ0n) is 9.20. The van der Waals surface area contributed by atoms with Crippen molar-refractivity contribution < 1.29 is 0 Å². The molecule has 74 valence electrons. The van der Waals surface area contributed by atoms with Crippen LogP contribution in [-0.4, -0.2) is 27.2 Å². The fourth-order valence-electron chi connectivity index (χ4n) is 0.847. The van der Waals surface area contributed by atoms with Crippen LogP contribution in [0.3, 0.4) is 0 Å². The lowest BCUT2D eigenvalue weighted by Gasteiger charge is -2.04. The summed E-state index contributed by atoms with van der Waals surface area (Å²) < 4.78 is 0. The Balaban J connectivity index is 0. The molecule has 0 unspecified atom stereocenters. The van der Waals surface area contributed by atoms with Crippen molar-refractivity contribution >= 4 is 0 Å². The Morgan fingerprint density at radius 1 is 1.17 bits per heavy atom. The highest BCUT2D eigenvalue weighted by atomic mass is 14.8. The Labute approximate surface area is 77.4 Å².